The van der Waals surface area contributed by atoms with Crippen molar-refractivity contribution in [1.82, 2.24) is 15.3 Å². The molecule has 1 aliphatic heterocycles. The van der Waals surface area contributed by atoms with Crippen LogP contribution in [0, 0.1) is 6.92 Å². The van der Waals surface area contributed by atoms with E-state index in [-0.39, 0.29) is 0 Å². The molecule has 0 aliphatic carbocycles. The maximum Gasteiger partial charge on any atom is 0.129 e. The fourth-order valence-electron chi connectivity index (χ4n) is 2.01. The molecule has 1 aliphatic rings. The minimum absolute atomic E-state index is 0.538. The smallest absolute Gasteiger partial charge is 0.129 e. The summed E-state index contributed by atoms with van der Waals surface area (Å²) in [6, 6.07) is 3.06. The molecule has 82 valence electrons. The Kier molecular flexibility index (Phi) is 3.16. The second-order valence-electron chi connectivity index (χ2n) is 4.21. The molecule has 1 fully saturated rings. The van der Waals surface area contributed by atoms with Gasteiger partial charge in [-0.1, -0.05) is 0 Å². The summed E-state index contributed by atoms with van der Waals surface area (Å²) in [5, 5.41) is 6.90. The maximum atomic E-state index is 4.35. The first kappa shape index (κ1) is 10.4. The Morgan fingerprint density at radius 2 is 2.40 bits per heavy atom. The zero-order valence-electron chi connectivity index (χ0n) is 9.33. The summed E-state index contributed by atoms with van der Waals surface area (Å²) in [6.07, 6.45) is 4.12. The van der Waals surface area contributed by atoms with Crippen LogP contribution < -0.4 is 10.6 Å². The molecule has 2 unspecified atom stereocenters. The summed E-state index contributed by atoms with van der Waals surface area (Å²) < 4.78 is 0. The topological polar surface area (TPSA) is 49.8 Å². The Hall–Kier alpha value is -1.16. The van der Waals surface area contributed by atoms with Gasteiger partial charge in [0.15, 0.2) is 0 Å². The average Bonchev–Trinajstić information content (AvgIpc) is 2.17. The standard InChI is InChI=1S/C11H18N4/c1-8-7-10(3-5-12-8)15-11-4-6-13-9(2)14-11/h4,6,8,10,12H,3,5,7H2,1-2H3,(H,13,14,15). The zero-order valence-corrected chi connectivity index (χ0v) is 9.33. The molecule has 1 saturated heterocycles. The summed E-state index contributed by atoms with van der Waals surface area (Å²) in [7, 11) is 0. The Morgan fingerprint density at radius 3 is 3.13 bits per heavy atom. The van der Waals surface area contributed by atoms with Gasteiger partial charge < -0.3 is 10.6 Å². The van der Waals surface area contributed by atoms with Crippen LogP contribution in [0.25, 0.3) is 0 Å². The lowest BCUT2D eigenvalue weighted by Gasteiger charge is -2.29. The lowest BCUT2D eigenvalue weighted by molar-refractivity contribution is 0.396. The summed E-state index contributed by atoms with van der Waals surface area (Å²) in [6.45, 7) is 5.22. The predicted molar refractivity (Wildman–Crippen MR) is 60.9 cm³/mol. The molecular formula is C11H18N4. The Balaban J connectivity index is 1.96. The number of aromatic nitrogens is 2. The molecular weight excluding hydrogens is 188 g/mol. The molecule has 2 rings (SSSR count). The summed E-state index contributed by atoms with van der Waals surface area (Å²) >= 11 is 0. The van der Waals surface area contributed by atoms with E-state index in [9.17, 15) is 0 Å². The average molecular weight is 206 g/mol. The molecule has 0 bridgehead atoms. The van der Waals surface area contributed by atoms with Crippen LogP contribution in [0.3, 0.4) is 0 Å². The summed E-state index contributed by atoms with van der Waals surface area (Å²) in [4.78, 5) is 8.43. The molecule has 2 N–H and O–H groups in total. The number of aryl methyl sites for hydroxylation is 1. The third-order valence-corrected chi connectivity index (χ3v) is 2.75. The van der Waals surface area contributed by atoms with Crippen LogP contribution in [0.4, 0.5) is 5.82 Å². The van der Waals surface area contributed by atoms with Crippen molar-refractivity contribution < 1.29 is 0 Å². The van der Waals surface area contributed by atoms with Crippen LogP contribution in [0.5, 0.6) is 0 Å². The van der Waals surface area contributed by atoms with Crippen molar-refractivity contribution in [3.05, 3.63) is 18.1 Å². The molecule has 4 heteroatoms. The van der Waals surface area contributed by atoms with Crippen LogP contribution in [0.15, 0.2) is 12.3 Å². The van der Waals surface area contributed by atoms with E-state index in [0.717, 1.165) is 31.0 Å². The largest absolute Gasteiger partial charge is 0.367 e. The molecule has 2 heterocycles. The maximum absolute atomic E-state index is 4.35. The van der Waals surface area contributed by atoms with E-state index in [2.05, 4.69) is 27.5 Å². The van der Waals surface area contributed by atoms with E-state index in [0.29, 0.717) is 12.1 Å². The van der Waals surface area contributed by atoms with Gasteiger partial charge in [0.2, 0.25) is 0 Å². The number of nitrogens with one attached hydrogen (secondary N) is 2. The van der Waals surface area contributed by atoms with Gasteiger partial charge in [0.25, 0.3) is 0 Å². The molecule has 0 spiro atoms. The van der Waals surface area contributed by atoms with E-state index in [1.165, 1.54) is 0 Å². The second kappa shape index (κ2) is 4.57. The normalized spacial score (nSPS) is 26.3. The van der Waals surface area contributed by atoms with E-state index in [1.807, 2.05) is 13.0 Å². The highest BCUT2D eigenvalue weighted by Crippen LogP contribution is 2.13. The summed E-state index contributed by atoms with van der Waals surface area (Å²) in [5.74, 6) is 1.77. The molecule has 0 radical (unpaired) electrons. The number of nitrogens with zero attached hydrogens (tertiary/aromatic N) is 2. The highest BCUT2D eigenvalue weighted by Gasteiger charge is 2.18. The van der Waals surface area contributed by atoms with Crippen molar-refractivity contribution >= 4 is 5.82 Å². The Morgan fingerprint density at radius 1 is 1.53 bits per heavy atom. The third kappa shape index (κ3) is 2.89. The van der Waals surface area contributed by atoms with Gasteiger partial charge in [-0.3, -0.25) is 0 Å². The quantitative estimate of drug-likeness (QED) is 0.766. The van der Waals surface area contributed by atoms with Crippen LogP contribution >= 0.6 is 0 Å². The molecule has 2 atom stereocenters. The number of piperidine rings is 1. The van der Waals surface area contributed by atoms with Crippen molar-refractivity contribution in [1.29, 1.82) is 0 Å². The van der Waals surface area contributed by atoms with Gasteiger partial charge in [-0.15, -0.1) is 0 Å². The molecule has 1 aromatic heterocycles. The SMILES string of the molecule is Cc1nccc(NC2CCNC(C)C2)n1. The predicted octanol–water partition coefficient (Wildman–Crippen LogP) is 1.34. The molecule has 1 aromatic rings. The molecule has 0 saturated carbocycles. The lowest BCUT2D eigenvalue weighted by atomic mass is 10.0. The first-order valence-electron chi connectivity index (χ1n) is 5.53. The minimum atomic E-state index is 0.538. The van der Waals surface area contributed by atoms with E-state index in [1.54, 1.807) is 6.20 Å². The Bertz CT molecular complexity index is 326. The highest BCUT2D eigenvalue weighted by atomic mass is 15.1. The minimum Gasteiger partial charge on any atom is -0.367 e. The van der Waals surface area contributed by atoms with Crippen LogP contribution in [0.2, 0.25) is 0 Å². The molecule has 4 nitrogen and oxygen atoms in total. The van der Waals surface area contributed by atoms with Crippen molar-refractivity contribution in [2.75, 3.05) is 11.9 Å². The monoisotopic (exact) mass is 206 g/mol. The van der Waals surface area contributed by atoms with E-state index >= 15 is 0 Å². The highest BCUT2D eigenvalue weighted by molar-refractivity contribution is 5.34. The van der Waals surface area contributed by atoms with Gasteiger partial charge in [-0.2, -0.15) is 0 Å². The van der Waals surface area contributed by atoms with E-state index < -0.39 is 0 Å². The molecule has 15 heavy (non-hydrogen) atoms. The second-order valence-corrected chi connectivity index (χ2v) is 4.21. The van der Waals surface area contributed by atoms with Crippen molar-refractivity contribution in [2.24, 2.45) is 0 Å². The molecule has 0 aromatic carbocycles. The van der Waals surface area contributed by atoms with Crippen molar-refractivity contribution in [3.8, 4) is 0 Å². The van der Waals surface area contributed by atoms with Gasteiger partial charge in [0, 0.05) is 18.3 Å². The van der Waals surface area contributed by atoms with Gasteiger partial charge >= 0.3 is 0 Å². The first-order valence-corrected chi connectivity index (χ1v) is 5.53. The summed E-state index contributed by atoms with van der Waals surface area (Å²) in [5.41, 5.74) is 0. The van der Waals surface area contributed by atoms with Crippen LogP contribution in [0.1, 0.15) is 25.6 Å². The number of hydrogen-bond acceptors (Lipinski definition) is 4. The number of anilines is 1. The fraction of sp³-hybridized carbons (Fsp3) is 0.636. The molecule has 0 amide bonds. The Labute approximate surface area is 90.5 Å². The zero-order chi connectivity index (χ0) is 10.7. The van der Waals surface area contributed by atoms with Crippen LogP contribution in [-0.2, 0) is 0 Å². The number of rotatable bonds is 2. The van der Waals surface area contributed by atoms with Gasteiger partial charge in [0.05, 0.1) is 0 Å². The van der Waals surface area contributed by atoms with Crippen LogP contribution in [-0.4, -0.2) is 28.6 Å². The van der Waals surface area contributed by atoms with Crippen molar-refractivity contribution in [3.63, 3.8) is 0 Å². The van der Waals surface area contributed by atoms with Gasteiger partial charge in [0.1, 0.15) is 11.6 Å². The third-order valence-electron chi connectivity index (χ3n) is 2.75. The van der Waals surface area contributed by atoms with E-state index in [4.69, 9.17) is 0 Å². The first-order chi connectivity index (χ1) is 7.24. The number of hydrogen-bond donors (Lipinski definition) is 2. The lowest BCUT2D eigenvalue weighted by Crippen LogP contribution is -2.41. The van der Waals surface area contributed by atoms with Gasteiger partial charge in [-0.05, 0) is 39.3 Å². The van der Waals surface area contributed by atoms with Gasteiger partial charge in [-0.25, -0.2) is 9.97 Å². The van der Waals surface area contributed by atoms with Crippen molar-refractivity contribution in [2.45, 2.75) is 38.8 Å². The fourth-order valence-corrected chi connectivity index (χ4v) is 2.01.